The van der Waals surface area contributed by atoms with E-state index in [4.69, 9.17) is 9.84 Å². The van der Waals surface area contributed by atoms with Crippen LogP contribution in [0.1, 0.15) is 32.6 Å². The van der Waals surface area contributed by atoms with E-state index in [0.717, 1.165) is 31.4 Å². The molecule has 1 aliphatic carbocycles. The van der Waals surface area contributed by atoms with Gasteiger partial charge in [-0.05, 0) is 31.9 Å². The number of allylic oxidation sites excluding steroid dienone is 2. The maximum Gasteiger partial charge on any atom is 0.306 e. The number of rotatable bonds is 5. The second kappa shape index (κ2) is 6.36. The Morgan fingerprint density at radius 2 is 2.19 bits per heavy atom. The fourth-order valence-electron chi connectivity index (χ4n) is 2.20. The Morgan fingerprint density at radius 3 is 2.75 bits per heavy atom. The molecule has 0 aromatic heterocycles. The van der Waals surface area contributed by atoms with Crippen molar-refractivity contribution in [1.82, 2.24) is 0 Å². The molecule has 90 valence electrons. The van der Waals surface area contributed by atoms with Crippen molar-refractivity contribution in [3.05, 3.63) is 24.5 Å². The van der Waals surface area contributed by atoms with Crippen LogP contribution >= 0.6 is 0 Å². The monoisotopic (exact) mass is 224 g/mol. The maximum absolute atomic E-state index is 11.1. The molecule has 0 bridgehead atoms. The maximum atomic E-state index is 11.1. The molecule has 1 aliphatic rings. The topological polar surface area (TPSA) is 46.5 Å². The van der Waals surface area contributed by atoms with Crippen LogP contribution in [0.25, 0.3) is 0 Å². The van der Waals surface area contributed by atoms with Crippen molar-refractivity contribution in [3.8, 4) is 0 Å². The summed E-state index contributed by atoms with van der Waals surface area (Å²) < 4.78 is 5.54. The van der Waals surface area contributed by atoms with Crippen LogP contribution in [0.5, 0.6) is 0 Å². The van der Waals surface area contributed by atoms with Crippen LogP contribution in [0.3, 0.4) is 0 Å². The molecular weight excluding hydrogens is 204 g/mol. The van der Waals surface area contributed by atoms with E-state index < -0.39 is 5.97 Å². The molecule has 0 radical (unpaired) electrons. The van der Waals surface area contributed by atoms with Crippen molar-refractivity contribution in [1.29, 1.82) is 0 Å². The molecule has 0 amide bonds. The Balaban J connectivity index is 2.50. The molecule has 0 aliphatic heterocycles. The Morgan fingerprint density at radius 1 is 1.50 bits per heavy atom. The molecule has 1 N–H and O–H groups in total. The molecule has 3 nitrogen and oxygen atoms in total. The molecule has 0 aromatic carbocycles. The van der Waals surface area contributed by atoms with Gasteiger partial charge in [-0.1, -0.05) is 19.4 Å². The summed E-state index contributed by atoms with van der Waals surface area (Å²) in [7, 11) is 0. The number of aliphatic carboxylic acids is 1. The van der Waals surface area contributed by atoms with Crippen molar-refractivity contribution in [2.24, 2.45) is 11.8 Å². The van der Waals surface area contributed by atoms with Crippen molar-refractivity contribution >= 4 is 5.97 Å². The van der Waals surface area contributed by atoms with E-state index >= 15 is 0 Å². The van der Waals surface area contributed by atoms with E-state index in [1.54, 1.807) is 6.08 Å². The summed E-state index contributed by atoms with van der Waals surface area (Å²) in [5.74, 6) is -0.0542. The molecule has 0 saturated heterocycles. The minimum Gasteiger partial charge on any atom is -0.494 e. The predicted octanol–water partition coefficient (Wildman–Crippen LogP) is 2.98. The summed E-state index contributed by atoms with van der Waals surface area (Å²) >= 11 is 0. The molecular formula is C13H20O3. The van der Waals surface area contributed by atoms with Gasteiger partial charge in [0.25, 0.3) is 0 Å². The Labute approximate surface area is 96.8 Å². The second-order valence-corrected chi connectivity index (χ2v) is 4.20. The zero-order valence-corrected chi connectivity index (χ0v) is 9.82. The van der Waals surface area contributed by atoms with Crippen LogP contribution in [0, 0.1) is 11.8 Å². The van der Waals surface area contributed by atoms with Crippen molar-refractivity contribution in [2.45, 2.75) is 32.6 Å². The van der Waals surface area contributed by atoms with Gasteiger partial charge in [-0.15, -0.1) is 0 Å². The van der Waals surface area contributed by atoms with Crippen LogP contribution in [-0.2, 0) is 9.53 Å². The number of hydrogen-bond donors (Lipinski definition) is 1. The van der Waals surface area contributed by atoms with Crippen molar-refractivity contribution in [2.75, 3.05) is 6.61 Å². The SMILES string of the molecule is C=C/C(=C\C)OCC1CCCCC1C(=O)O. The molecule has 1 rings (SSSR count). The predicted molar refractivity (Wildman–Crippen MR) is 63.0 cm³/mol. The first kappa shape index (κ1) is 12.8. The van der Waals surface area contributed by atoms with E-state index in [2.05, 4.69) is 6.58 Å². The highest BCUT2D eigenvalue weighted by atomic mass is 16.5. The first-order valence-corrected chi connectivity index (χ1v) is 5.83. The van der Waals surface area contributed by atoms with Gasteiger partial charge in [-0.3, -0.25) is 4.79 Å². The highest BCUT2D eigenvalue weighted by Gasteiger charge is 2.31. The zero-order valence-electron chi connectivity index (χ0n) is 9.82. The third-order valence-electron chi connectivity index (χ3n) is 3.18. The number of carboxylic acids is 1. The molecule has 3 heteroatoms. The van der Waals surface area contributed by atoms with Gasteiger partial charge in [-0.25, -0.2) is 0 Å². The van der Waals surface area contributed by atoms with E-state index in [0.29, 0.717) is 6.61 Å². The molecule has 0 heterocycles. The summed E-state index contributed by atoms with van der Waals surface area (Å²) in [6.45, 7) is 6.01. The summed E-state index contributed by atoms with van der Waals surface area (Å²) in [6, 6.07) is 0. The summed E-state index contributed by atoms with van der Waals surface area (Å²) in [5.41, 5.74) is 0. The lowest BCUT2D eigenvalue weighted by atomic mass is 9.80. The van der Waals surface area contributed by atoms with Crippen LogP contribution in [0.4, 0.5) is 0 Å². The normalized spacial score (nSPS) is 26.2. The fraction of sp³-hybridized carbons (Fsp3) is 0.615. The zero-order chi connectivity index (χ0) is 12.0. The highest BCUT2D eigenvalue weighted by molar-refractivity contribution is 5.70. The second-order valence-electron chi connectivity index (χ2n) is 4.20. The smallest absolute Gasteiger partial charge is 0.306 e. The van der Waals surface area contributed by atoms with Crippen LogP contribution in [0.2, 0.25) is 0 Å². The summed E-state index contributed by atoms with van der Waals surface area (Å²) in [4.78, 5) is 11.1. The van der Waals surface area contributed by atoms with Crippen LogP contribution in [-0.4, -0.2) is 17.7 Å². The lowest BCUT2D eigenvalue weighted by molar-refractivity contribution is -0.145. The van der Waals surface area contributed by atoms with Crippen molar-refractivity contribution in [3.63, 3.8) is 0 Å². The highest BCUT2D eigenvalue weighted by Crippen LogP contribution is 2.30. The van der Waals surface area contributed by atoms with E-state index in [9.17, 15) is 4.79 Å². The molecule has 2 atom stereocenters. The molecule has 0 aromatic rings. The van der Waals surface area contributed by atoms with Gasteiger partial charge in [0.15, 0.2) is 0 Å². The third-order valence-corrected chi connectivity index (χ3v) is 3.18. The molecule has 1 fully saturated rings. The number of carboxylic acid groups (broad SMARTS) is 1. The minimum absolute atomic E-state index is 0.140. The van der Waals surface area contributed by atoms with Crippen LogP contribution < -0.4 is 0 Å². The van der Waals surface area contributed by atoms with Gasteiger partial charge in [0.2, 0.25) is 0 Å². The molecule has 0 spiro atoms. The largest absolute Gasteiger partial charge is 0.494 e. The van der Waals surface area contributed by atoms with Gasteiger partial charge in [0.1, 0.15) is 5.76 Å². The average Bonchev–Trinajstić information content (AvgIpc) is 2.30. The van der Waals surface area contributed by atoms with Crippen LogP contribution in [0.15, 0.2) is 24.5 Å². The standard InChI is InChI=1S/C13H20O3/c1-3-11(4-2)16-9-10-7-5-6-8-12(10)13(14)15/h3-4,10,12H,1,5-9H2,2H3,(H,14,15)/b11-4+. The van der Waals surface area contributed by atoms with E-state index in [1.165, 1.54) is 0 Å². The van der Waals surface area contributed by atoms with Gasteiger partial charge >= 0.3 is 5.97 Å². The van der Waals surface area contributed by atoms with Crippen molar-refractivity contribution < 1.29 is 14.6 Å². The lowest BCUT2D eigenvalue weighted by Gasteiger charge is -2.28. The fourth-order valence-corrected chi connectivity index (χ4v) is 2.20. The number of ether oxygens (including phenoxy) is 1. The van der Waals surface area contributed by atoms with Gasteiger partial charge < -0.3 is 9.84 Å². The quantitative estimate of drug-likeness (QED) is 0.577. The first-order valence-electron chi connectivity index (χ1n) is 5.83. The van der Waals surface area contributed by atoms with Gasteiger partial charge in [0.05, 0.1) is 12.5 Å². The Bertz CT molecular complexity index is 281. The van der Waals surface area contributed by atoms with Gasteiger partial charge in [-0.2, -0.15) is 0 Å². The number of carbonyl (C=O) groups is 1. The Kier molecular flexibility index (Phi) is 5.09. The van der Waals surface area contributed by atoms with E-state index in [-0.39, 0.29) is 11.8 Å². The van der Waals surface area contributed by atoms with Gasteiger partial charge in [0, 0.05) is 5.92 Å². The first-order chi connectivity index (χ1) is 7.69. The van der Waals surface area contributed by atoms with E-state index in [1.807, 2.05) is 13.0 Å². The summed E-state index contributed by atoms with van der Waals surface area (Å²) in [5, 5.41) is 9.10. The minimum atomic E-state index is -0.686. The summed E-state index contributed by atoms with van der Waals surface area (Å²) in [6.07, 6.45) is 7.35. The Hall–Kier alpha value is -1.25. The molecule has 1 saturated carbocycles. The molecule has 16 heavy (non-hydrogen) atoms. The average molecular weight is 224 g/mol. The lowest BCUT2D eigenvalue weighted by Crippen LogP contribution is -2.30. The number of hydrogen-bond acceptors (Lipinski definition) is 2. The third kappa shape index (κ3) is 3.40. The molecule has 2 unspecified atom stereocenters.